The first-order valence-electron chi connectivity index (χ1n) is 10.4. The molecule has 2 amide bonds. The number of carbonyl (C=O) groups excluding carboxylic acids is 3. The van der Waals surface area contributed by atoms with Crippen molar-refractivity contribution in [2.24, 2.45) is 0 Å². The molecule has 0 bridgehead atoms. The van der Waals surface area contributed by atoms with Crippen molar-refractivity contribution in [2.75, 3.05) is 13.2 Å². The number of benzene rings is 2. The molecule has 1 aliphatic heterocycles. The van der Waals surface area contributed by atoms with Gasteiger partial charge >= 0.3 is 0 Å². The quantitative estimate of drug-likeness (QED) is 0.294. The van der Waals surface area contributed by atoms with Crippen LogP contribution in [0.15, 0.2) is 48.7 Å². The number of fused-ring (bicyclic) bond motifs is 1. The number of nitrogens with zero attached hydrogens (tertiary/aromatic N) is 1. The molecule has 0 radical (unpaired) electrons. The summed E-state index contributed by atoms with van der Waals surface area (Å²) in [6.45, 7) is 8.00. The largest absolute Gasteiger partial charge is 0.484 e. The Bertz CT molecular complexity index is 1100. The van der Waals surface area contributed by atoms with E-state index >= 15 is 0 Å². The monoisotopic (exact) mass is 580 g/mol. The Hall–Kier alpha value is -2.45. The van der Waals surface area contributed by atoms with Crippen LogP contribution in [0, 0.1) is 13.8 Å². The highest BCUT2D eigenvalue weighted by molar-refractivity contribution is 14.1. The maximum Gasteiger partial charge on any atom is 0.277 e. The van der Waals surface area contributed by atoms with E-state index in [1.54, 1.807) is 12.1 Å². The van der Waals surface area contributed by atoms with Gasteiger partial charge in [-0.3, -0.25) is 17.5 Å². The van der Waals surface area contributed by atoms with Crippen molar-refractivity contribution in [3.63, 3.8) is 0 Å². The molecule has 0 aliphatic carbocycles. The van der Waals surface area contributed by atoms with E-state index in [-0.39, 0.29) is 30.6 Å². The number of halogens is 1. The van der Waals surface area contributed by atoms with Gasteiger partial charge in [0.15, 0.2) is 18.5 Å². The van der Waals surface area contributed by atoms with Crippen LogP contribution in [0.2, 0.25) is 0 Å². The van der Waals surface area contributed by atoms with Gasteiger partial charge in [0.2, 0.25) is 0 Å². The normalized spacial score (nSPS) is 14.7. The first-order chi connectivity index (χ1) is 15.7. The highest BCUT2D eigenvalue weighted by atomic mass is 127. The second-order valence-electron chi connectivity index (χ2n) is 7.83. The summed E-state index contributed by atoms with van der Waals surface area (Å²) in [5.74, 6) is 0.284. The zero-order valence-corrected chi connectivity index (χ0v) is 21.8. The fourth-order valence-corrected chi connectivity index (χ4v) is 4.02. The molecule has 174 valence electrons. The Morgan fingerprint density at radius 3 is 2.76 bits per heavy atom. The smallest absolute Gasteiger partial charge is 0.277 e. The molecule has 1 N–H and O–H groups in total. The van der Waals surface area contributed by atoms with Gasteiger partial charge in [0.05, 0.1) is 34.8 Å². The van der Waals surface area contributed by atoms with E-state index in [0.29, 0.717) is 35.7 Å². The van der Waals surface area contributed by atoms with E-state index in [1.807, 2.05) is 61.0 Å². The minimum atomic E-state index is -0.902. The average molecular weight is 580 g/mol. The summed E-state index contributed by atoms with van der Waals surface area (Å²) >= 11 is 1.85. The first-order valence-corrected chi connectivity index (χ1v) is 11.9. The average Bonchev–Trinajstić information content (AvgIpc) is 2.79. The lowest BCUT2D eigenvalue weighted by molar-refractivity contribution is -0.131. The van der Waals surface area contributed by atoms with Crippen molar-refractivity contribution in [3.8, 4) is 11.5 Å². The zero-order chi connectivity index (χ0) is 24.1. The molecular weight excluding hydrogens is 554 g/mol. The number of carbonyl (C=O) groups is 3. The highest BCUT2D eigenvalue weighted by Crippen LogP contribution is 2.30. The van der Waals surface area contributed by atoms with Crippen molar-refractivity contribution in [3.05, 3.63) is 65.4 Å². The third kappa shape index (κ3) is 6.54. The molecule has 1 aliphatic rings. The molecule has 2 aromatic carbocycles. The number of aryl methyl sites for hydroxylation is 2. The summed E-state index contributed by atoms with van der Waals surface area (Å²) in [7, 11) is 2.63. The van der Waals surface area contributed by atoms with Crippen LogP contribution in [0.25, 0.3) is 0 Å². The van der Waals surface area contributed by atoms with E-state index in [9.17, 15) is 14.4 Å². The van der Waals surface area contributed by atoms with Gasteiger partial charge in [-0.25, -0.2) is 0 Å². The number of nitrogens with one attached hydrogen (secondary N) is 1. The number of amides is 2. The van der Waals surface area contributed by atoms with Crippen LogP contribution in [-0.2, 0) is 9.59 Å². The van der Waals surface area contributed by atoms with Gasteiger partial charge in [0, 0.05) is 18.7 Å². The number of hydrogen-bond donors (Lipinski definition) is 1. The topological polar surface area (TPSA) is 84.9 Å². The molecule has 9 heteroatoms. The van der Waals surface area contributed by atoms with Crippen LogP contribution in [-0.4, -0.2) is 40.0 Å². The Morgan fingerprint density at radius 2 is 2.03 bits per heavy atom. The van der Waals surface area contributed by atoms with Crippen molar-refractivity contribution >= 4 is 55.0 Å². The minimum absolute atomic E-state index is 0.0207. The van der Waals surface area contributed by atoms with Crippen LogP contribution in [0.3, 0.4) is 0 Å². The Kier molecular flexibility index (Phi) is 8.48. The second-order valence-corrected chi connectivity index (χ2v) is 9.41. The molecule has 0 fully saturated rings. The van der Waals surface area contributed by atoms with E-state index < -0.39 is 6.10 Å². The summed E-state index contributed by atoms with van der Waals surface area (Å²) < 4.78 is 12.6. The van der Waals surface area contributed by atoms with Gasteiger partial charge < -0.3 is 14.8 Å². The summed E-state index contributed by atoms with van der Waals surface area (Å²) in [5.41, 5.74) is 3.08. The summed E-state index contributed by atoms with van der Waals surface area (Å²) in [6, 6.07) is 10.9. The minimum Gasteiger partial charge on any atom is -0.484 e. The second kappa shape index (κ2) is 11.1. The van der Waals surface area contributed by atoms with Gasteiger partial charge in [0.25, 0.3) is 11.8 Å². The molecular formula is C24H26IN2O5P. The fourth-order valence-electron chi connectivity index (χ4n) is 3.21. The number of hydrogen-bond acceptors (Lipinski definition) is 5. The van der Waals surface area contributed by atoms with E-state index in [0.717, 1.165) is 16.4 Å². The van der Waals surface area contributed by atoms with Gasteiger partial charge in [0.1, 0.15) is 11.5 Å². The Morgan fingerprint density at radius 1 is 1.27 bits per heavy atom. The summed E-state index contributed by atoms with van der Waals surface area (Å²) in [4.78, 5) is 37.4. The van der Waals surface area contributed by atoms with E-state index in [2.05, 4.69) is 21.1 Å². The predicted molar refractivity (Wildman–Crippen MR) is 138 cm³/mol. The molecule has 0 saturated heterocycles. The van der Waals surface area contributed by atoms with E-state index in [1.165, 1.54) is 3.11 Å². The predicted octanol–water partition coefficient (Wildman–Crippen LogP) is 3.42. The standard InChI is InChI=1S/C24H26IN2O5P/c1-14-4-7-20-18(10-14)19(28)12-21(32-20)24(30)27(25)16(3)8-9-26-23(29)13-31-17-6-5-15(2)22(33)11-17/h4-7,10-11,21H,3,8-9,12-13,33H2,1-2H3,(H,26,29). The van der Waals surface area contributed by atoms with Crippen LogP contribution >= 0.6 is 32.1 Å². The Balaban J connectivity index is 1.44. The molecule has 7 nitrogen and oxygen atoms in total. The van der Waals surface area contributed by atoms with Crippen molar-refractivity contribution < 1.29 is 23.9 Å². The van der Waals surface area contributed by atoms with E-state index in [4.69, 9.17) is 9.47 Å². The molecule has 0 saturated carbocycles. The number of rotatable bonds is 8. The Labute approximate surface area is 209 Å². The van der Waals surface area contributed by atoms with Crippen molar-refractivity contribution in [1.82, 2.24) is 8.43 Å². The lowest BCUT2D eigenvalue weighted by atomic mass is 9.98. The third-order valence-corrected chi connectivity index (χ3v) is 6.96. The van der Waals surface area contributed by atoms with Crippen LogP contribution < -0.4 is 20.1 Å². The van der Waals surface area contributed by atoms with Gasteiger partial charge in [-0.15, -0.1) is 9.24 Å². The lowest BCUT2D eigenvalue weighted by Crippen LogP contribution is -2.40. The maximum atomic E-state index is 12.8. The molecule has 2 aromatic rings. The van der Waals surface area contributed by atoms with Crippen LogP contribution in [0.5, 0.6) is 11.5 Å². The maximum absolute atomic E-state index is 12.8. The van der Waals surface area contributed by atoms with Gasteiger partial charge in [-0.2, -0.15) is 0 Å². The van der Waals surface area contributed by atoms with Crippen molar-refractivity contribution in [2.45, 2.75) is 32.8 Å². The van der Waals surface area contributed by atoms with Gasteiger partial charge in [-0.05, 0) is 49.0 Å². The molecule has 33 heavy (non-hydrogen) atoms. The molecule has 0 spiro atoms. The van der Waals surface area contributed by atoms with Crippen LogP contribution in [0.1, 0.15) is 34.3 Å². The van der Waals surface area contributed by atoms with Crippen molar-refractivity contribution in [1.29, 1.82) is 0 Å². The van der Waals surface area contributed by atoms with Crippen LogP contribution in [0.4, 0.5) is 0 Å². The number of Topliss-reactive ketones (excluding diaryl/α,β-unsaturated/α-hetero) is 1. The summed E-state index contributed by atoms with van der Waals surface area (Å²) in [6.07, 6.45) is -0.565. The van der Waals surface area contributed by atoms with Gasteiger partial charge in [-0.1, -0.05) is 24.3 Å². The molecule has 3 rings (SSSR count). The molecule has 2 unspecified atom stereocenters. The fraction of sp³-hybridized carbons (Fsp3) is 0.292. The highest BCUT2D eigenvalue weighted by Gasteiger charge is 2.34. The zero-order valence-electron chi connectivity index (χ0n) is 18.5. The molecule has 0 aromatic heterocycles. The SMILES string of the molecule is C=C(CCNC(=O)COc1ccc(C)c(P)c1)N(I)C(=O)C1CC(=O)c2cc(C)ccc2O1. The number of ether oxygens (including phenoxy) is 2. The lowest BCUT2D eigenvalue weighted by Gasteiger charge is -2.28. The first kappa shape index (κ1) is 25.2. The molecule has 1 heterocycles. The third-order valence-electron chi connectivity index (χ3n) is 5.18. The summed E-state index contributed by atoms with van der Waals surface area (Å²) in [5, 5.41) is 3.76. The number of ketones is 1. The molecule has 2 atom stereocenters.